The first-order valence-corrected chi connectivity index (χ1v) is 6.69. The summed E-state index contributed by atoms with van der Waals surface area (Å²) >= 11 is 5.95. The van der Waals surface area contributed by atoms with Crippen LogP contribution < -0.4 is 5.32 Å². The molecule has 7 heteroatoms. The summed E-state index contributed by atoms with van der Waals surface area (Å²) in [7, 11) is 0. The zero-order valence-electron chi connectivity index (χ0n) is 11.0. The molecule has 1 aromatic heterocycles. The van der Waals surface area contributed by atoms with Gasteiger partial charge in [0.25, 0.3) is 5.91 Å². The molecule has 0 aliphatic carbocycles. The molecule has 0 aliphatic rings. The van der Waals surface area contributed by atoms with Crippen molar-refractivity contribution < 1.29 is 9.72 Å². The molecule has 0 unspecified atom stereocenters. The Balaban J connectivity index is 2.66. The van der Waals surface area contributed by atoms with Crippen LogP contribution in [0.4, 0.5) is 5.82 Å². The van der Waals surface area contributed by atoms with Crippen LogP contribution in [0.2, 0.25) is 0 Å². The van der Waals surface area contributed by atoms with E-state index in [0.29, 0.717) is 12.4 Å². The third-order valence-corrected chi connectivity index (χ3v) is 4.09. The maximum absolute atomic E-state index is 11.9. The van der Waals surface area contributed by atoms with Crippen LogP contribution in [0.3, 0.4) is 0 Å². The lowest BCUT2D eigenvalue weighted by Crippen LogP contribution is -2.38. The van der Waals surface area contributed by atoms with Crippen LogP contribution in [0.15, 0.2) is 12.1 Å². The lowest BCUT2D eigenvalue weighted by atomic mass is 9.84. The van der Waals surface area contributed by atoms with Crippen molar-refractivity contribution in [1.82, 2.24) is 10.3 Å². The van der Waals surface area contributed by atoms with E-state index in [1.54, 1.807) is 0 Å². The van der Waals surface area contributed by atoms with Crippen molar-refractivity contribution in [3.05, 3.63) is 27.9 Å². The van der Waals surface area contributed by atoms with Crippen molar-refractivity contribution >= 4 is 23.3 Å². The first-order valence-electron chi connectivity index (χ1n) is 6.15. The second-order valence-electron chi connectivity index (χ2n) is 4.54. The number of carbonyl (C=O) groups excluding carboxylic acids is 1. The van der Waals surface area contributed by atoms with Gasteiger partial charge in [-0.2, -0.15) is 0 Å². The number of aromatic nitrogens is 1. The van der Waals surface area contributed by atoms with Gasteiger partial charge in [0.15, 0.2) is 5.69 Å². The number of carbonyl (C=O) groups is 1. The summed E-state index contributed by atoms with van der Waals surface area (Å²) in [5, 5.41) is 13.3. The number of nitrogens with zero attached hydrogens (tertiary/aromatic N) is 1. The highest BCUT2D eigenvalue weighted by atomic mass is 35.5. The first-order chi connectivity index (χ1) is 8.98. The van der Waals surface area contributed by atoms with Crippen LogP contribution in [0.5, 0.6) is 0 Å². The molecule has 1 aromatic rings. The highest BCUT2D eigenvalue weighted by molar-refractivity contribution is 6.18. The van der Waals surface area contributed by atoms with Gasteiger partial charge in [0.1, 0.15) is 0 Å². The third-order valence-electron chi connectivity index (χ3n) is 3.52. The fourth-order valence-corrected chi connectivity index (χ4v) is 2.19. The number of nitro groups is 1. The van der Waals surface area contributed by atoms with E-state index in [1.165, 1.54) is 12.1 Å². The van der Waals surface area contributed by atoms with E-state index >= 15 is 0 Å². The highest BCUT2D eigenvalue weighted by Crippen LogP contribution is 2.27. The van der Waals surface area contributed by atoms with Crippen LogP contribution in [0.25, 0.3) is 0 Å². The normalized spacial score (nSPS) is 11.3. The van der Waals surface area contributed by atoms with Gasteiger partial charge < -0.3 is 15.4 Å². The van der Waals surface area contributed by atoms with Crippen molar-refractivity contribution in [2.75, 3.05) is 12.4 Å². The minimum absolute atomic E-state index is 0.129. The third kappa shape index (κ3) is 3.70. The molecule has 1 rings (SSSR count). The van der Waals surface area contributed by atoms with Crippen LogP contribution in [0, 0.1) is 15.5 Å². The molecule has 0 atom stereocenters. The summed E-state index contributed by atoms with van der Waals surface area (Å²) in [6.45, 7) is 4.50. The lowest BCUT2D eigenvalue weighted by molar-refractivity contribution is -0.389. The lowest BCUT2D eigenvalue weighted by Gasteiger charge is -2.29. The van der Waals surface area contributed by atoms with Gasteiger partial charge in [-0.3, -0.25) is 4.79 Å². The van der Waals surface area contributed by atoms with Crippen LogP contribution >= 0.6 is 11.6 Å². The number of halogens is 1. The number of nitrogens with one attached hydrogen (secondary N) is 2. The summed E-state index contributed by atoms with van der Waals surface area (Å²) in [5.41, 5.74) is 0.0535. The number of H-pyrrole nitrogens is 1. The van der Waals surface area contributed by atoms with Gasteiger partial charge in [0, 0.05) is 23.9 Å². The van der Waals surface area contributed by atoms with Gasteiger partial charge in [0.05, 0.1) is 0 Å². The Kier molecular flexibility index (Phi) is 5.35. The monoisotopic (exact) mass is 287 g/mol. The average molecular weight is 288 g/mol. The molecule has 19 heavy (non-hydrogen) atoms. The summed E-state index contributed by atoms with van der Waals surface area (Å²) in [6, 6.07) is 2.66. The number of alkyl halides is 1. The van der Waals surface area contributed by atoms with Crippen molar-refractivity contribution in [3.63, 3.8) is 0 Å². The van der Waals surface area contributed by atoms with E-state index in [2.05, 4.69) is 10.3 Å². The molecule has 1 amide bonds. The molecule has 0 spiro atoms. The van der Waals surface area contributed by atoms with Crippen molar-refractivity contribution in [3.8, 4) is 0 Å². The number of rotatable bonds is 7. The van der Waals surface area contributed by atoms with Gasteiger partial charge in [-0.05, 0) is 23.8 Å². The Morgan fingerprint density at radius 3 is 2.53 bits per heavy atom. The van der Waals surface area contributed by atoms with Crippen molar-refractivity contribution in [2.45, 2.75) is 26.7 Å². The second kappa shape index (κ2) is 6.56. The summed E-state index contributed by atoms with van der Waals surface area (Å²) in [5.74, 6) is -0.0882. The molecular weight excluding hydrogens is 270 g/mol. The minimum atomic E-state index is -0.572. The zero-order chi connectivity index (χ0) is 14.5. The van der Waals surface area contributed by atoms with Crippen molar-refractivity contribution in [2.24, 2.45) is 5.41 Å². The van der Waals surface area contributed by atoms with Gasteiger partial charge >= 0.3 is 5.82 Å². The topological polar surface area (TPSA) is 88.0 Å². The second-order valence-corrected chi connectivity index (χ2v) is 4.81. The molecule has 0 aromatic carbocycles. The van der Waals surface area contributed by atoms with Crippen LogP contribution in [-0.2, 0) is 0 Å². The van der Waals surface area contributed by atoms with E-state index in [4.69, 9.17) is 11.6 Å². The quantitative estimate of drug-likeness (QED) is 0.459. The molecule has 0 saturated heterocycles. The zero-order valence-corrected chi connectivity index (χ0v) is 11.8. The van der Waals surface area contributed by atoms with Gasteiger partial charge in [-0.1, -0.05) is 13.8 Å². The molecule has 106 valence electrons. The van der Waals surface area contributed by atoms with Crippen molar-refractivity contribution in [1.29, 1.82) is 0 Å². The SMILES string of the molecule is CCC(CC)(CCl)CNC(=O)c1ccc([N+](=O)[O-])[nH]1. The van der Waals surface area contributed by atoms with E-state index in [9.17, 15) is 14.9 Å². The predicted molar refractivity (Wildman–Crippen MR) is 73.5 cm³/mol. The number of aromatic amines is 1. The summed E-state index contributed by atoms with van der Waals surface area (Å²) < 4.78 is 0. The van der Waals surface area contributed by atoms with E-state index < -0.39 is 4.92 Å². The molecule has 0 radical (unpaired) electrons. The minimum Gasteiger partial charge on any atom is -0.358 e. The molecule has 0 aliphatic heterocycles. The van der Waals surface area contributed by atoms with E-state index in [0.717, 1.165) is 12.8 Å². The largest absolute Gasteiger partial charge is 0.358 e. The van der Waals surface area contributed by atoms with Gasteiger partial charge in [-0.15, -0.1) is 11.6 Å². The Bertz CT molecular complexity index is 447. The van der Waals surface area contributed by atoms with Gasteiger partial charge in [0.2, 0.25) is 0 Å². The highest BCUT2D eigenvalue weighted by Gasteiger charge is 2.26. The van der Waals surface area contributed by atoms with Gasteiger partial charge in [-0.25, -0.2) is 4.98 Å². The fraction of sp³-hybridized carbons (Fsp3) is 0.583. The fourth-order valence-electron chi connectivity index (χ4n) is 1.72. The molecule has 0 fully saturated rings. The van der Waals surface area contributed by atoms with E-state index in [1.807, 2.05) is 13.8 Å². The molecule has 0 bridgehead atoms. The molecule has 0 saturated carbocycles. The summed E-state index contributed by atoms with van der Waals surface area (Å²) in [6.07, 6.45) is 1.72. The smallest absolute Gasteiger partial charge is 0.321 e. The predicted octanol–water partition coefficient (Wildman–Crippen LogP) is 2.70. The molecule has 2 N–H and O–H groups in total. The Morgan fingerprint density at radius 1 is 1.47 bits per heavy atom. The summed E-state index contributed by atoms with van der Waals surface area (Å²) in [4.78, 5) is 24.3. The number of hydrogen-bond acceptors (Lipinski definition) is 3. The first kappa shape index (κ1) is 15.5. The Labute approximate surface area is 116 Å². The molecule has 1 heterocycles. The number of amides is 1. The average Bonchev–Trinajstić information content (AvgIpc) is 2.90. The maximum Gasteiger partial charge on any atom is 0.321 e. The van der Waals surface area contributed by atoms with Crippen LogP contribution in [-0.4, -0.2) is 28.2 Å². The van der Waals surface area contributed by atoms with E-state index in [-0.39, 0.29) is 22.8 Å². The maximum atomic E-state index is 11.9. The standard InChI is InChI=1S/C12H18ClN3O3/c1-3-12(4-2,7-13)8-14-11(17)9-5-6-10(15-9)16(18)19/h5-6,15H,3-4,7-8H2,1-2H3,(H,14,17). The number of hydrogen-bond donors (Lipinski definition) is 2. The molecular formula is C12H18ClN3O3. The Morgan fingerprint density at radius 2 is 2.11 bits per heavy atom. The Hall–Kier alpha value is -1.56. The van der Waals surface area contributed by atoms with Crippen LogP contribution in [0.1, 0.15) is 37.2 Å². The molecule has 6 nitrogen and oxygen atoms in total.